The molecule has 0 fully saturated rings. The van der Waals surface area contributed by atoms with Crippen molar-refractivity contribution in [3.05, 3.63) is 17.0 Å². The zero-order chi connectivity index (χ0) is 5.98. The molecule has 1 aromatic rings. The molecule has 0 radical (unpaired) electrons. The second kappa shape index (κ2) is 1.89. The monoisotopic (exact) mass is 123 g/mol. The summed E-state index contributed by atoms with van der Waals surface area (Å²) in [7, 11) is 0. The zero-order valence-corrected chi connectivity index (χ0v) is 5.03. The molecule has 2 N–H and O–H groups in total. The summed E-state index contributed by atoms with van der Waals surface area (Å²) in [5, 5.41) is 0.776. The van der Waals surface area contributed by atoms with Gasteiger partial charge in [-0.15, -0.1) is 17.8 Å². The van der Waals surface area contributed by atoms with Crippen LogP contribution in [0.25, 0.3) is 0 Å². The normalized spacial score (nSPS) is 8.38. The van der Waals surface area contributed by atoms with Crippen molar-refractivity contribution in [2.24, 2.45) is 0 Å². The van der Waals surface area contributed by atoms with Crippen LogP contribution in [0.15, 0.2) is 12.1 Å². The first-order valence-electron chi connectivity index (χ1n) is 2.15. The highest BCUT2D eigenvalue weighted by Gasteiger charge is 1.88. The molecule has 0 aromatic carbocycles. The molecule has 40 valence electrons. The van der Waals surface area contributed by atoms with Gasteiger partial charge < -0.3 is 5.73 Å². The third-order valence-corrected chi connectivity index (χ3v) is 1.61. The minimum Gasteiger partial charge on any atom is -0.391 e. The van der Waals surface area contributed by atoms with Crippen molar-refractivity contribution in [2.45, 2.75) is 0 Å². The van der Waals surface area contributed by atoms with Gasteiger partial charge in [0.1, 0.15) is 0 Å². The first-order valence-corrected chi connectivity index (χ1v) is 2.96. The van der Waals surface area contributed by atoms with Gasteiger partial charge in [-0.3, -0.25) is 0 Å². The average molecular weight is 123 g/mol. The summed E-state index contributed by atoms with van der Waals surface area (Å²) < 4.78 is 0. The van der Waals surface area contributed by atoms with Crippen LogP contribution in [0.3, 0.4) is 0 Å². The second-order valence-electron chi connectivity index (χ2n) is 1.35. The Bertz CT molecular complexity index is 219. The number of thiophene rings is 1. The fraction of sp³-hybridized carbons (Fsp3) is 0. The van der Waals surface area contributed by atoms with Crippen molar-refractivity contribution >= 4 is 16.3 Å². The molecule has 0 unspecified atom stereocenters. The van der Waals surface area contributed by atoms with Gasteiger partial charge in [0.05, 0.1) is 9.88 Å². The van der Waals surface area contributed by atoms with E-state index in [0.717, 1.165) is 9.88 Å². The molecule has 1 nitrogen and oxygen atoms in total. The molecule has 1 heterocycles. The Hall–Kier alpha value is -0.940. The maximum Gasteiger partial charge on any atom is 0.0869 e. The summed E-state index contributed by atoms with van der Waals surface area (Å²) in [4.78, 5) is 0.891. The lowest BCUT2D eigenvalue weighted by molar-refractivity contribution is 1.91. The smallest absolute Gasteiger partial charge is 0.0869 e. The maximum absolute atomic E-state index is 5.38. The standard InChI is InChI=1S/C6H5NS/c1-2-5-3-4-6(7)8-5/h1,3-4H,7H2. The summed E-state index contributed by atoms with van der Waals surface area (Å²) >= 11 is 1.43. The van der Waals surface area contributed by atoms with Crippen LogP contribution in [-0.4, -0.2) is 0 Å². The van der Waals surface area contributed by atoms with Gasteiger partial charge in [-0.25, -0.2) is 0 Å². The third-order valence-electron chi connectivity index (χ3n) is 0.769. The fourth-order valence-electron chi connectivity index (χ4n) is 0.430. The molecule has 0 atom stereocenters. The predicted molar refractivity (Wildman–Crippen MR) is 36.7 cm³/mol. The molecule has 2 heteroatoms. The van der Waals surface area contributed by atoms with Crippen LogP contribution in [0, 0.1) is 12.3 Å². The first-order chi connectivity index (χ1) is 3.83. The van der Waals surface area contributed by atoms with E-state index in [1.807, 2.05) is 6.07 Å². The highest BCUT2D eigenvalue weighted by Crippen LogP contribution is 2.15. The number of rotatable bonds is 0. The van der Waals surface area contributed by atoms with Crippen molar-refractivity contribution in [1.29, 1.82) is 0 Å². The quantitative estimate of drug-likeness (QED) is 0.517. The zero-order valence-electron chi connectivity index (χ0n) is 4.22. The topological polar surface area (TPSA) is 26.0 Å². The van der Waals surface area contributed by atoms with E-state index >= 15 is 0 Å². The largest absolute Gasteiger partial charge is 0.391 e. The SMILES string of the molecule is C#Cc1ccc(N)s1. The van der Waals surface area contributed by atoms with Crippen LogP contribution in [-0.2, 0) is 0 Å². The number of anilines is 1. The van der Waals surface area contributed by atoms with Crippen LogP contribution in [0.5, 0.6) is 0 Å². The van der Waals surface area contributed by atoms with Gasteiger partial charge in [-0.2, -0.15) is 0 Å². The summed E-state index contributed by atoms with van der Waals surface area (Å²) in [6.45, 7) is 0. The number of hydrogen-bond donors (Lipinski definition) is 1. The Balaban J connectivity index is 3.05. The highest BCUT2D eigenvalue weighted by molar-refractivity contribution is 7.16. The van der Waals surface area contributed by atoms with Gasteiger partial charge in [0.15, 0.2) is 0 Å². The molecule has 0 bridgehead atoms. The van der Waals surface area contributed by atoms with E-state index in [9.17, 15) is 0 Å². The van der Waals surface area contributed by atoms with Gasteiger partial charge in [0.2, 0.25) is 0 Å². The van der Waals surface area contributed by atoms with Crippen LogP contribution < -0.4 is 5.73 Å². The van der Waals surface area contributed by atoms with E-state index in [1.165, 1.54) is 11.3 Å². The molecule has 0 saturated carbocycles. The Morgan fingerprint density at radius 2 is 2.38 bits per heavy atom. The van der Waals surface area contributed by atoms with Gasteiger partial charge in [0.25, 0.3) is 0 Å². The minimum atomic E-state index is 0.776. The molecule has 0 spiro atoms. The third kappa shape index (κ3) is 0.824. The summed E-state index contributed by atoms with van der Waals surface area (Å²) in [6, 6.07) is 3.64. The van der Waals surface area contributed by atoms with Crippen LogP contribution in [0.1, 0.15) is 4.88 Å². The number of hydrogen-bond acceptors (Lipinski definition) is 2. The lowest BCUT2D eigenvalue weighted by Crippen LogP contribution is -1.72. The molecule has 1 aromatic heterocycles. The molecule has 0 aliphatic carbocycles. The molecule has 8 heavy (non-hydrogen) atoms. The van der Waals surface area contributed by atoms with E-state index in [0.29, 0.717) is 0 Å². The lowest BCUT2D eigenvalue weighted by Gasteiger charge is -1.73. The van der Waals surface area contributed by atoms with Gasteiger partial charge >= 0.3 is 0 Å². The van der Waals surface area contributed by atoms with E-state index in [2.05, 4.69) is 5.92 Å². The van der Waals surface area contributed by atoms with E-state index in [-0.39, 0.29) is 0 Å². The van der Waals surface area contributed by atoms with Crippen molar-refractivity contribution in [3.63, 3.8) is 0 Å². The Labute approximate surface area is 52.1 Å². The number of terminal acetylenes is 1. The summed E-state index contributed by atoms with van der Waals surface area (Å²) in [5.74, 6) is 2.49. The molecule has 0 aliphatic rings. The van der Waals surface area contributed by atoms with Crippen LogP contribution >= 0.6 is 11.3 Å². The van der Waals surface area contributed by atoms with Gasteiger partial charge in [-0.1, -0.05) is 5.92 Å². The van der Waals surface area contributed by atoms with E-state index in [1.54, 1.807) is 6.07 Å². The van der Waals surface area contributed by atoms with E-state index < -0.39 is 0 Å². The molecule has 0 amide bonds. The summed E-state index contributed by atoms with van der Waals surface area (Å²) in [6.07, 6.45) is 5.07. The van der Waals surface area contributed by atoms with Crippen molar-refractivity contribution in [3.8, 4) is 12.3 Å². The molecule has 0 saturated heterocycles. The Morgan fingerprint density at radius 1 is 1.62 bits per heavy atom. The first kappa shape index (κ1) is 5.20. The lowest BCUT2D eigenvalue weighted by atomic mass is 10.5. The van der Waals surface area contributed by atoms with Gasteiger partial charge in [0, 0.05) is 0 Å². The predicted octanol–water partition coefficient (Wildman–Crippen LogP) is 1.31. The fourth-order valence-corrected chi connectivity index (χ4v) is 1.02. The molecular formula is C6H5NS. The van der Waals surface area contributed by atoms with Crippen molar-refractivity contribution < 1.29 is 0 Å². The van der Waals surface area contributed by atoms with Crippen molar-refractivity contribution in [1.82, 2.24) is 0 Å². The second-order valence-corrected chi connectivity index (χ2v) is 2.46. The molecular weight excluding hydrogens is 118 g/mol. The molecule has 1 rings (SSSR count). The van der Waals surface area contributed by atoms with Crippen LogP contribution in [0.4, 0.5) is 5.00 Å². The van der Waals surface area contributed by atoms with Crippen molar-refractivity contribution in [2.75, 3.05) is 5.73 Å². The molecule has 0 aliphatic heterocycles. The number of nitrogen functional groups attached to an aromatic ring is 1. The van der Waals surface area contributed by atoms with Crippen LogP contribution in [0.2, 0.25) is 0 Å². The van der Waals surface area contributed by atoms with E-state index in [4.69, 9.17) is 12.2 Å². The maximum atomic E-state index is 5.38. The Kier molecular flexibility index (Phi) is 1.23. The van der Waals surface area contributed by atoms with Gasteiger partial charge in [-0.05, 0) is 12.1 Å². The average Bonchev–Trinajstić information content (AvgIpc) is 2.14. The number of nitrogens with two attached hydrogens (primary N) is 1. The highest BCUT2D eigenvalue weighted by atomic mass is 32.1. The Morgan fingerprint density at radius 3 is 2.62 bits per heavy atom. The minimum absolute atomic E-state index is 0.776. The summed E-state index contributed by atoms with van der Waals surface area (Å²) in [5.41, 5.74) is 5.38.